The molecule has 5 heteroatoms. The number of anilines is 1. The van der Waals surface area contributed by atoms with Crippen LogP contribution in [0.4, 0.5) is 5.82 Å². The Morgan fingerprint density at radius 1 is 1.47 bits per heavy atom. The van der Waals surface area contributed by atoms with E-state index >= 15 is 0 Å². The van der Waals surface area contributed by atoms with Crippen molar-refractivity contribution in [2.75, 3.05) is 5.73 Å². The highest BCUT2D eigenvalue weighted by Crippen LogP contribution is 2.30. The molecule has 2 unspecified atom stereocenters. The number of nitrogens with two attached hydrogens (primary N) is 1. The van der Waals surface area contributed by atoms with Crippen LogP contribution in [0.3, 0.4) is 0 Å². The first-order valence-corrected chi connectivity index (χ1v) is 7.09. The zero-order valence-electron chi connectivity index (χ0n) is 12.0. The quantitative estimate of drug-likeness (QED) is 0.876. The molecule has 0 saturated heterocycles. The molecular weight excluding hydrogens is 240 g/mol. The molecule has 3 N–H and O–H groups in total. The number of hydrogen-bond acceptors (Lipinski definition) is 3. The van der Waals surface area contributed by atoms with Gasteiger partial charge in [0.15, 0.2) is 0 Å². The van der Waals surface area contributed by atoms with Crippen LogP contribution in [0.5, 0.6) is 0 Å². The molecule has 5 nitrogen and oxygen atoms in total. The molecule has 1 aromatic rings. The molecule has 0 aromatic carbocycles. The van der Waals surface area contributed by atoms with Crippen molar-refractivity contribution in [3.05, 3.63) is 11.8 Å². The van der Waals surface area contributed by atoms with E-state index < -0.39 is 0 Å². The lowest BCUT2D eigenvalue weighted by molar-refractivity contribution is 0.0890. The Morgan fingerprint density at radius 2 is 2.16 bits per heavy atom. The number of nitrogen functional groups attached to an aromatic ring is 1. The standard InChI is InChI=1S/C14H24N4O/c1-9(2)10-6-4-5-7-12(10)17-14(19)11-8-16-18(3)13(11)15/h8-10,12H,4-7,15H2,1-3H3,(H,17,19). The van der Waals surface area contributed by atoms with Gasteiger partial charge in [0.1, 0.15) is 11.4 Å². The Morgan fingerprint density at radius 3 is 2.74 bits per heavy atom. The van der Waals surface area contributed by atoms with E-state index in [4.69, 9.17) is 5.73 Å². The van der Waals surface area contributed by atoms with Crippen molar-refractivity contribution in [3.63, 3.8) is 0 Å². The van der Waals surface area contributed by atoms with Crippen molar-refractivity contribution in [1.29, 1.82) is 0 Å². The van der Waals surface area contributed by atoms with Gasteiger partial charge in [-0.3, -0.25) is 9.48 Å². The second-order valence-electron chi connectivity index (χ2n) is 5.84. The van der Waals surface area contributed by atoms with Gasteiger partial charge in [-0.2, -0.15) is 5.10 Å². The molecule has 0 aliphatic heterocycles. The van der Waals surface area contributed by atoms with Crippen LogP contribution in [-0.2, 0) is 7.05 Å². The number of nitrogens with one attached hydrogen (secondary N) is 1. The number of aryl methyl sites for hydroxylation is 1. The maximum Gasteiger partial charge on any atom is 0.256 e. The third-order valence-corrected chi connectivity index (χ3v) is 4.22. The Labute approximate surface area is 114 Å². The van der Waals surface area contributed by atoms with E-state index in [2.05, 4.69) is 24.3 Å². The van der Waals surface area contributed by atoms with Crippen molar-refractivity contribution in [3.8, 4) is 0 Å². The first-order chi connectivity index (χ1) is 9.00. The van der Waals surface area contributed by atoms with Crippen LogP contribution in [0.1, 0.15) is 49.9 Å². The molecule has 0 radical (unpaired) electrons. The fourth-order valence-electron chi connectivity index (χ4n) is 3.00. The van der Waals surface area contributed by atoms with E-state index in [-0.39, 0.29) is 11.9 Å². The van der Waals surface area contributed by atoms with Gasteiger partial charge < -0.3 is 11.1 Å². The lowest BCUT2D eigenvalue weighted by Crippen LogP contribution is -2.44. The summed E-state index contributed by atoms with van der Waals surface area (Å²) in [7, 11) is 1.74. The number of carbonyl (C=O) groups is 1. The molecule has 1 heterocycles. The van der Waals surface area contributed by atoms with Crippen LogP contribution in [-0.4, -0.2) is 21.7 Å². The summed E-state index contributed by atoms with van der Waals surface area (Å²) in [4.78, 5) is 12.3. The fourth-order valence-corrected chi connectivity index (χ4v) is 3.00. The van der Waals surface area contributed by atoms with Crippen LogP contribution in [0.15, 0.2) is 6.20 Å². The third-order valence-electron chi connectivity index (χ3n) is 4.22. The van der Waals surface area contributed by atoms with Gasteiger partial charge in [0.05, 0.1) is 6.20 Å². The van der Waals surface area contributed by atoms with Crippen molar-refractivity contribution >= 4 is 11.7 Å². The van der Waals surface area contributed by atoms with E-state index in [1.54, 1.807) is 7.05 Å². The van der Waals surface area contributed by atoms with Gasteiger partial charge in [-0.15, -0.1) is 0 Å². The largest absolute Gasteiger partial charge is 0.383 e. The molecule has 2 atom stereocenters. The molecule has 0 bridgehead atoms. The molecule has 1 aliphatic carbocycles. The van der Waals surface area contributed by atoms with Crippen molar-refractivity contribution in [1.82, 2.24) is 15.1 Å². The highest BCUT2D eigenvalue weighted by Gasteiger charge is 2.29. The molecule has 19 heavy (non-hydrogen) atoms. The van der Waals surface area contributed by atoms with Gasteiger partial charge in [0.25, 0.3) is 5.91 Å². The zero-order valence-corrected chi connectivity index (χ0v) is 12.0. The lowest BCUT2D eigenvalue weighted by atomic mass is 9.78. The van der Waals surface area contributed by atoms with Gasteiger partial charge in [-0.1, -0.05) is 26.7 Å². The molecule has 1 saturated carbocycles. The molecule has 1 aliphatic rings. The highest BCUT2D eigenvalue weighted by atomic mass is 16.1. The maximum absolute atomic E-state index is 12.3. The zero-order chi connectivity index (χ0) is 14.0. The summed E-state index contributed by atoms with van der Waals surface area (Å²) in [6, 6.07) is 0.265. The smallest absolute Gasteiger partial charge is 0.256 e. The second-order valence-corrected chi connectivity index (χ2v) is 5.84. The molecular formula is C14H24N4O. The summed E-state index contributed by atoms with van der Waals surface area (Å²) < 4.78 is 1.52. The van der Waals surface area contributed by atoms with E-state index in [0.717, 1.165) is 6.42 Å². The maximum atomic E-state index is 12.3. The second kappa shape index (κ2) is 5.63. The summed E-state index contributed by atoms with van der Waals surface area (Å²) in [6.07, 6.45) is 6.26. The van der Waals surface area contributed by atoms with Gasteiger partial charge in [-0.05, 0) is 24.7 Å². The Kier molecular flexibility index (Phi) is 4.12. The molecule has 0 spiro atoms. The Hall–Kier alpha value is -1.52. The molecule has 1 amide bonds. The summed E-state index contributed by atoms with van der Waals surface area (Å²) in [5.41, 5.74) is 6.32. The van der Waals surface area contributed by atoms with Crippen LogP contribution in [0.25, 0.3) is 0 Å². The van der Waals surface area contributed by atoms with E-state index in [1.807, 2.05) is 0 Å². The third kappa shape index (κ3) is 2.91. The van der Waals surface area contributed by atoms with Crippen molar-refractivity contribution in [2.24, 2.45) is 18.9 Å². The summed E-state index contributed by atoms with van der Waals surface area (Å²) in [5, 5.41) is 7.16. The number of hydrogen-bond donors (Lipinski definition) is 2. The number of carbonyl (C=O) groups excluding carboxylic acids is 1. The molecule has 1 aromatic heterocycles. The fraction of sp³-hybridized carbons (Fsp3) is 0.714. The normalized spacial score (nSPS) is 23.6. The number of amides is 1. The lowest BCUT2D eigenvalue weighted by Gasteiger charge is -2.34. The topological polar surface area (TPSA) is 72.9 Å². The SMILES string of the molecule is CC(C)C1CCCCC1NC(=O)c1cnn(C)c1N. The molecule has 1 fully saturated rings. The predicted octanol–water partition coefficient (Wildman–Crippen LogP) is 1.95. The average Bonchev–Trinajstić information content (AvgIpc) is 2.70. The minimum atomic E-state index is -0.0943. The minimum absolute atomic E-state index is 0.0943. The van der Waals surface area contributed by atoms with Gasteiger partial charge in [0.2, 0.25) is 0 Å². The molecule has 2 rings (SSSR count). The van der Waals surface area contributed by atoms with E-state index in [9.17, 15) is 4.79 Å². The first-order valence-electron chi connectivity index (χ1n) is 7.09. The van der Waals surface area contributed by atoms with E-state index in [1.165, 1.54) is 30.1 Å². The van der Waals surface area contributed by atoms with Crippen LogP contribution < -0.4 is 11.1 Å². The molecule has 106 valence electrons. The van der Waals surface area contributed by atoms with Crippen molar-refractivity contribution in [2.45, 2.75) is 45.6 Å². The van der Waals surface area contributed by atoms with Crippen LogP contribution in [0.2, 0.25) is 0 Å². The summed E-state index contributed by atoms with van der Waals surface area (Å²) >= 11 is 0. The number of nitrogens with zero attached hydrogens (tertiary/aromatic N) is 2. The Balaban J connectivity index is 2.07. The van der Waals surface area contributed by atoms with Gasteiger partial charge >= 0.3 is 0 Å². The number of aromatic nitrogens is 2. The van der Waals surface area contributed by atoms with Gasteiger partial charge in [-0.25, -0.2) is 0 Å². The van der Waals surface area contributed by atoms with E-state index in [0.29, 0.717) is 23.2 Å². The average molecular weight is 264 g/mol. The number of rotatable bonds is 3. The summed E-state index contributed by atoms with van der Waals surface area (Å²) in [5.74, 6) is 1.49. The Bertz CT molecular complexity index is 452. The monoisotopic (exact) mass is 264 g/mol. The first kappa shape index (κ1) is 13.9. The van der Waals surface area contributed by atoms with Crippen molar-refractivity contribution < 1.29 is 4.79 Å². The van der Waals surface area contributed by atoms with Crippen LogP contribution in [0, 0.1) is 11.8 Å². The highest BCUT2D eigenvalue weighted by molar-refractivity contribution is 5.98. The predicted molar refractivity (Wildman–Crippen MR) is 75.7 cm³/mol. The van der Waals surface area contributed by atoms with Gasteiger partial charge in [0, 0.05) is 13.1 Å². The van der Waals surface area contributed by atoms with Crippen LogP contribution >= 0.6 is 0 Å². The summed E-state index contributed by atoms with van der Waals surface area (Å²) in [6.45, 7) is 4.46. The minimum Gasteiger partial charge on any atom is -0.383 e.